The summed E-state index contributed by atoms with van der Waals surface area (Å²) in [7, 11) is 2.19. The number of hydrogen-bond acceptors (Lipinski definition) is 7. The summed E-state index contributed by atoms with van der Waals surface area (Å²) in [5, 5.41) is 12.7. The predicted octanol–water partition coefficient (Wildman–Crippen LogP) is 2.26. The second kappa shape index (κ2) is 8.30. The molecule has 6 rings (SSSR count). The molecule has 2 aromatic rings. The van der Waals surface area contributed by atoms with Crippen LogP contribution in [0.1, 0.15) is 36.5 Å². The summed E-state index contributed by atoms with van der Waals surface area (Å²) in [6.07, 6.45) is 4.06. The topological polar surface area (TPSA) is 84.7 Å². The maximum absolute atomic E-state index is 13.9. The van der Waals surface area contributed by atoms with Gasteiger partial charge in [-0.3, -0.25) is 14.6 Å². The Morgan fingerprint density at radius 2 is 1.94 bits per heavy atom. The Labute approximate surface area is 206 Å². The fraction of sp³-hybridized carbons (Fsp3) is 0.519. The van der Waals surface area contributed by atoms with Crippen LogP contribution in [0.3, 0.4) is 0 Å². The van der Waals surface area contributed by atoms with E-state index in [4.69, 9.17) is 4.74 Å². The number of carbonyl (C=O) groups is 1. The summed E-state index contributed by atoms with van der Waals surface area (Å²) in [4.78, 5) is 25.7. The Bertz CT molecular complexity index is 1190. The molecule has 0 radical (unpaired) electrons. The zero-order chi connectivity index (χ0) is 24.2. The molecule has 1 aromatic carbocycles. The highest BCUT2D eigenvalue weighted by Gasteiger charge is 2.64. The van der Waals surface area contributed by atoms with Crippen molar-refractivity contribution in [3.05, 3.63) is 53.2 Å². The maximum Gasteiger partial charge on any atom is 0.254 e. The van der Waals surface area contributed by atoms with Crippen LogP contribution in [0.25, 0.3) is 0 Å². The van der Waals surface area contributed by atoms with Gasteiger partial charge in [0, 0.05) is 68.3 Å². The molecule has 3 aliphatic heterocycles. The average molecular weight is 473 g/mol. The molecule has 1 atom stereocenters. The quantitative estimate of drug-likeness (QED) is 0.715. The van der Waals surface area contributed by atoms with Crippen molar-refractivity contribution in [3.8, 4) is 11.9 Å². The molecular weight excluding hydrogens is 440 g/mol. The van der Waals surface area contributed by atoms with Gasteiger partial charge in [0.1, 0.15) is 0 Å². The number of piperazine rings is 1. The van der Waals surface area contributed by atoms with Crippen molar-refractivity contribution in [2.24, 2.45) is 5.41 Å². The number of amides is 1. The molecule has 182 valence electrons. The zero-order valence-corrected chi connectivity index (χ0v) is 20.5. The highest BCUT2D eigenvalue weighted by atomic mass is 16.5. The normalized spacial score (nSPS) is 26.5. The first-order valence-corrected chi connectivity index (χ1v) is 12.6. The van der Waals surface area contributed by atoms with Crippen molar-refractivity contribution in [1.29, 1.82) is 5.26 Å². The molecular formula is C27H32N6O2. The summed E-state index contributed by atoms with van der Waals surface area (Å²) in [5.41, 5.74) is 2.07. The number of likely N-dealkylation sites (N-methyl/N-ethyl adjacent to an activating group) is 1. The van der Waals surface area contributed by atoms with Gasteiger partial charge in [-0.05, 0) is 62.6 Å². The van der Waals surface area contributed by atoms with E-state index in [1.807, 2.05) is 31.2 Å². The predicted molar refractivity (Wildman–Crippen MR) is 132 cm³/mol. The van der Waals surface area contributed by atoms with Gasteiger partial charge in [-0.1, -0.05) is 0 Å². The van der Waals surface area contributed by atoms with Crippen LogP contribution in [0.5, 0.6) is 5.88 Å². The number of fused-ring (bicyclic) bond motifs is 1. The second-order valence-electron chi connectivity index (χ2n) is 10.6. The van der Waals surface area contributed by atoms with E-state index in [1.165, 1.54) is 12.8 Å². The average Bonchev–Trinajstić information content (AvgIpc) is 3.10. The van der Waals surface area contributed by atoms with Gasteiger partial charge in [0.15, 0.2) is 5.54 Å². The van der Waals surface area contributed by atoms with Gasteiger partial charge in [0.05, 0.1) is 18.2 Å². The molecule has 4 heterocycles. The highest BCUT2D eigenvalue weighted by Crippen LogP contribution is 2.58. The lowest BCUT2D eigenvalue weighted by Crippen LogP contribution is -2.72. The minimum atomic E-state index is -1.05. The minimum absolute atomic E-state index is 0.0960. The van der Waals surface area contributed by atoms with Crippen molar-refractivity contribution < 1.29 is 9.53 Å². The van der Waals surface area contributed by atoms with Crippen molar-refractivity contribution >= 4 is 11.6 Å². The number of carbonyl (C=O) groups excluding carboxylic acids is 1. The molecule has 1 spiro atoms. The fourth-order valence-electron chi connectivity index (χ4n) is 6.67. The highest BCUT2D eigenvalue weighted by molar-refractivity contribution is 6.09. The third-order valence-corrected chi connectivity index (χ3v) is 8.48. The monoisotopic (exact) mass is 472 g/mol. The number of nitrogens with zero attached hydrogens (tertiary/aromatic N) is 5. The molecule has 1 unspecified atom stereocenters. The Morgan fingerprint density at radius 1 is 1.17 bits per heavy atom. The number of nitrogens with one attached hydrogen (secondary N) is 1. The van der Waals surface area contributed by atoms with Crippen molar-refractivity contribution in [1.82, 2.24) is 19.7 Å². The van der Waals surface area contributed by atoms with Crippen LogP contribution in [0, 0.1) is 16.7 Å². The van der Waals surface area contributed by atoms with Crippen LogP contribution in [0.15, 0.2) is 36.5 Å². The summed E-state index contributed by atoms with van der Waals surface area (Å²) in [5.74, 6) is 0.381. The number of hydrogen-bond donors (Lipinski definition) is 1. The number of aromatic nitrogens is 1. The first-order valence-electron chi connectivity index (χ1n) is 12.6. The van der Waals surface area contributed by atoms with Crippen LogP contribution in [-0.2, 0) is 10.3 Å². The van der Waals surface area contributed by atoms with E-state index in [2.05, 4.69) is 38.1 Å². The summed E-state index contributed by atoms with van der Waals surface area (Å²) in [6.45, 7) is 8.64. The van der Waals surface area contributed by atoms with Crippen molar-refractivity contribution in [2.75, 3.05) is 58.2 Å². The third kappa shape index (κ3) is 3.37. The van der Waals surface area contributed by atoms with Crippen LogP contribution >= 0.6 is 0 Å². The van der Waals surface area contributed by atoms with Crippen LogP contribution in [-0.4, -0.2) is 84.6 Å². The molecule has 0 bridgehead atoms. The second-order valence-corrected chi connectivity index (χ2v) is 10.6. The van der Waals surface area contributed by atoms with Crippen LogP contribution in [0.4, 0.5) is 5.69 Å². The van der Waals surface area contributed by atoms with Gasteiger partial charge in [0.2, 0.25) is 5.88 Å². The zero-order valence-electron chi connectivity index (χ0n) is 20.5. The molecule has 1 N–H and O–H groups in total. The molecule has 8 heteroatoms. The lowest BCUT2D eigenvalue weighted by molar-refractivity contribution is -0.158. The number of nitriles is 1. The minimum Gasteiger partial charge on any atom is -0.478 e. The third-order valence-electron chi connectivity index (χ3n) is 8.48. The molecule has 35 heavy (non-hydrogen) atoms. The van der Waals surface area contributed by atoms with Gasteiger partial charge in [-0.25, -0.2) is 4.98 Å². The van der Waals surface area contributed by atoms with E-state index >= 15 is 0 Å². The number of rotatable bonds is 5. The van der Waals surface area contributed by atoms with E-state index in [9.17, 15) is 10.1 Å². The number of anilines is 1. The van der Waals surface area contributed by atoms with E-state index in [1.54, 1.807) is 12.3 Å². The molecule has 1 aliphatic carbocycles. The molecule has 1 amide bonds. The summed E-state index contributed by atoms with van der Waals surface area (Å²) >= 11 is 0. The Kier molecular flexibility index (Phi) is 5.33. The largest absolute Gasteiger partial charge is 0.478 e. The standard InChI is InChI=1S/C27H32N6O2/c1-3-35-24-21(5-4-8-29-24)27(22-13-19(16-28)6-7-23(22)30-25(27)34)33-17-26(18-33)14-20(15-26)32-11-9-31(2)10-12-32/h4-8,13,20H,3,9-12,14-15,17-18H2,1-2H3,(H,30,34). The Balaban J connectivity index is 1.33. The number of ether oxygens (including phenoxy) is 1. The molecule has 3 fully saturated rings. The van der Waals surface area contributed by atoms with Gasteiger partial charge >= 0.3 is 0 Å². The van der Waals surface area contributed by atoms with Crippen molar-refractivity contribution in [2.45, 2.75) is 31.3 Å². The molecule has 4 aliphatic rings. The first kappa shape index (κ1) is 22.5. The molecule has 1 aromatic heterocycles. The van der Waals surface area contributed by atoms with Crippen LogP contribution < -0.4 is 10.1 Å². The molecule has 2 saturated heterocycles. The lowest BCUT2D eigenvalue weighted by Gasteiger charge is -2.64. The molecule has 1 saturated carbocycles. The van der Waals surface area contributed by atoms with E-state index in [-0.39, 0.29) is 11.3 Å². The SMILES string of the molecule is CCOc1ncccc1C1(N2CC3(CC(N4CCN(C)CC4)C3)C2)C(=O)Nc2ccc(C#N)cc21. The van der Waals surface area contributed by atoms with E-state index < -0.39 is 5.54 Å². The van der Waals surface area contributed by atoms with Gasteiger partial charge < -0.3 is 15.0 Å². The van der Waals surface area contributed by atoms with Gasteiger partial charge in [-0.2, -0.15) is 5.26 Å². The number of benzene rings is 1. The van der Waals surface area contributed by atoms with Crippen LogP contribution in [0.2, 0.25) is 0 Å². The lowest BCUT2D eigenvalue weighted by atomic mass is 9.58. The Morgan fingerprint density at radius 3 is 2.66 bits per heavy atom. The molecule has 8 nitrogen and oxygen atoms in total. The number of pyridine rings is 1. The summed E-state index contributed by atoms with van der Waals surface area (Å²) < 4.78 is 5.92. The van der Waals surface area contributed by atoms with Crippen molar-refractivity contribution in [3.63, 3.8) is 0 Å². The Hall–Kier alpha value is -2.99. The van der Waals surface area contributed by atoms with E-state index in [0.717, 1.165) is 56.1 Å². The smallest absolute Gasteiger partial charge is 0.254 e. The fourth-order valence-corrected chi connectivity index (χ4v) is 6.67. The van der Waals surface area contributed by atoms with E-state index in [0.29, 0.717) is 24.1 Å². The number of likely N-dealkylation sites (tertiary alicyclic amines) is 1. The van der Waals surface area contributed by atoms with Gasteiger partial charge in [0.25, 0.3) is 5.91 Å². The van der Waals surface area contributed by atoms with Gasteiger partial charge in [-0.15, -0.1) is 0 Å². The first-order chi connectivity index (χ1) is 17.0. The summed E-state index contributed by atoms with van der Waals surface area (Å²) in [6, 6.07) is 12.2. The maximum atomic E-state index is 13.9.